The lowest BCUT2D eigenvalue weighted by atomic mass is 10.1. The zero-order valence-electron chi connectivity index (χ0n) is 22.3. The first kappa shape index (κ1) is 38.0. The Morgan fingerprint density at radius 3 is 1.08 bits per heavy atom. The van der Waals surface area contributed by atoms with Crippen LogP contribution in [-0.4, -0.2) is 84.4 Å². The van der Waals surface area contributed by atoms with E-state index >= 15 is 0 Å². The second-order valence-electron chi connectivity index (χ2n) is 8.69. The Balaban J connectivity index is 0. The molecule has 2 unspecified atom stereocenters. The topological polar surface area (TPSA) is 257 Å². The third-order valence-corrected chi connectivity index (χ3v) is 4.06. The minimum Gasteiger partial charge on any atom is -0.508 e. The maximum absolute atomic E-state index is 9.73. The van der Waals surface area contributed by atoms with E-state index in [1.165, 1.54) is 36.4 Å². The summed E-state index contributed by atoms with van der Waals surface area (Å²) in [5.74, 6) is -1.02. The number of phenols is 4. The van der Waals surface area contributed by atoms with Gasteiger partial charge in [0, 0.05) is 44.2 Å². The van der Waals surface area contributed by atoms with Gasteiger partial charge >= 0.3 is 10.4 Å². The predicted octanol–water partition coefficient (Wildman–Crippen LogP) is 1.70. The Labute approximate surface area is 227 Å². The SMILES string of the molecule is CC(=O)O.CC(C)NCC(O)c1cc(O)cc(O)c1.CC(C)NCC(O)c1cc(O)cc(O)c1.O=S(=O)(O)O. The number of rotatable bonds is 8. The molecule has 2 rings (SSSR count). The highest BCUT2D eigenvalue weighted by Gasteiger charge is 2.11. The molecule has 2 atom stereocenters. The average molecular weight is 581 g/mol. The van der Waals surface area contributed by atoms with Crippen molar-refractivity contribution >= 4 is 16.4 Å². The maximum atomic E-state index is 9.73. The van der Waals surface area contributed by atoms with Crippen LogP contribution in [0.5, 0.6) is 23.0 Å². The number of nitrogens with one attached hydrogen (secondary N) is 2. The molecule has 0 aromatic heterocycles. The first-order valence-electron chi connectivity index (χ1n) is 11.5. The van der Waals surface area contributed by atoms with E-state index in [4.69, 9.17) is 27.4 Å². The monoisotopic (exact) mass is 580 g/mol. The van der Waals surface area contributed by atoms with E-state index in [2.05, 4.69) is 10.6 Å². The van der Waals surface area contributed by atoms with Crippen LogP contribution >= 0.6 is 0 Å². The lowest BCUT2D eigenvalue weighted by molar-refractivity contribution is -0.134. The van der Waals surface area contributed by atoms with Crippen molar-refractivity contribution < 1.29 is 58.1 Å². The van der Waals surface area contributed by atoms with E-state index in [-0.39, 0.29) is 35.1 Å². The van der Waals surface area contributed by atoms with Crippen LogP contribution < -0.4 is 10.6 Å². The average Bonchev–Trinajstić information content (AvgIpc) is 2.73. The number of carboxylic acid groups (broad SMARTS) is 1. The molecule has 0 radical (unpaired) electrons. The molecular formula is C24H40N2O12S. The number of phenolic OH excluding ortho intramolecular Hbond substituents is 4. The van der Waals surface area contributed by atoms with Gasteiger partial charge in [-0.25, -0.2) is 0 Å². The van der Waals surface area contributed by atoms with Crippen LogP contribution in [0.25, 0.3) is 0 Å². The number of aliphatic hydroxyl groups is 2. The van der Waals surface area contributed by atoms with Gasteiger partial charge in [0.05, 0.1) is 12.2 Å². The molecule has 0 aliphatic heterocycles. The molecule has 0 spiro atoms. The van der Waals surface area contributed by atoms with Crippen molar-refractivity contribution in [3.8, 4) is 23.0 Å². The minimum absolute atomic E-state index is 0.0476. The summed E-state index contributed by atoms with van der Waals surface area (Å²) in [5.41, 5.74) is 1.00. The summed E-state index contributed by atoms with van der Waals surface area (Å²) in [6.45, 7) is 9.78. The van der Waals surface area contributed by atoms with Gasteiger partial charge < -0.3 is 46.4 Å². The smallest absolute Gasteiger partial charge is 0.394 e. The highest BCUT2D eigenvalue weighted by atomic mass is 32.3. The number of aliphatic carboxylic acids is 1. The van der Waals surface area contributed by atoms with Crippen LogP contribution in [0.3, 0.4) is 0 Å². The molecule has 2 aromatic carbocycles. The van der Waals surface area contributed by atoms with E-state index in [1.54, 1.807) is 0 Å². The lowest BCUT2D eigenvalue weighted by Crippen LogP contribution is -2.27. The van der Waals surface area contributed by atoms with Gasteiger partial charge in [0.25, 0.3) is 5.97 Å². The molecule has 0 saturated heterocycles. The van der Waals surface area contributed by atoms with Crippen LogP contribution in [0, 0.1) is 0 Å². The summed E-state index contributed by atoms with van der Waals surface area (Å²) in [5, 5.41) is 69.9. The third-order valence-electron chi connectivity index (χ3n) is 4.06. The Kier molecular flexibility index (Phi) is 18.5. The Bertz CT molecular complexity index is 977. The molecule has 0 aliphatic carbocycles. The molecule has 11 N–H and O–H groups in total. The highest BCUT2D eigenvalue weighted by Crippen LogP contribution is 2.25. The Hall–Kier alpha value is -3.18. The molecule has 0 saturated carbocycles. The summed E-state index contributed by atoms with van der Waals surface area (Å²) in [6, 6.07) is 8.77. The molecule has 0 bridgehead atoms. The molecule has 39 heavy (non-hydrogen) atoms. The second kappa shape index (κ2) is 19.0. The largest absolute Gasteiger partial charge is 0.508 e. The van der Waals surface area contributed by atoms with Gasteiger partial charge in [0.1, 0.15) is 23.0 Å². The maximum Gasteiger partial charge on any atom is 0.394 e. The first-order valence-corrected chi connectivity index (χ1v) is 12.9. The summed E-state index contributed by atoms with van der Waals surface area (Å²) in [6.07, 6.45) is -1.46. The highest BCUT2D eigenvalue weighted by molar-refractivity contribution is 7.79. The molecule has 0 fully saturated rings. The molecule has 0 amide bonds. The van der Waals surface area contributed by atoms with Gasteiger partial charge in [0.15, 0.2) is 0 Å². The number of benzene rings is 2. The van der Waals surface area contributed by atoms with Crippen molar-refractivity contribution in [2.45, 2.75) is 58.9 Å². The van der Waals surface area contributed by atoms with Gasteiger partial charge in [-0.05, 0) is 35.4 Å². The molecule has 0 aliphatic rings. The van der Waals surface area contributed by atoms with E-state index in [9.17, 15) is 30.6 Å². The minimum atomic E-state index is -4.67. The summed E-state index contributed by atoms with van der Waals surface area (Å²) in [7, 11) is -4.67. The fourth-order valence-electron chi connectivity index (χ4n) is 2.55. The number of carboxylic acids is 1. The molecule has 14 nitrogen and oxygen atoms in total. The predicted molar refractivity (Wildman–Crippen MR) is 143 cm³/mol. The number of hydrogen-bond donors (Lipinski definition) is 11. The molecule has 2 aromatic rings. The first-order chi connectivity index (χ1) is 17.7. The van der Waals surface area contributed by atoms with Crippen molar-refractivity contribution in [3.63, 3.8) is 0 Å². The zero-order chi connectivity index (χ0) is 30.9. The normalized spacial score (nSPS) is 12.2. The fourth-order valence-corrected chi connectivity index (χ4v) is 2.55. The molecule has 15 heteroatoms. The van der Waals surface area contributed by atoms with Crippen molar-refractivity contribution in [2.75, 3.05) is 13.1 Å². The van der Waals surface area contributed by atoms with Crippen molar-refractivity contribution in [2.24, 2.45) is 0 Å². The number of aliphatic hydroxyl groups excluding tert-OH is 2. The van der Waals surface area contributed by atoms with Gasteiger partial charge in [0.2, 0.25) is 0 Å². The van der Waals surface area contributed by atoms with E-state index in [0.717, 1.165) is 6.92 Å². The summed E-state index contributed by atoms with van der Waals surface area (Å²) in [4.78, 5) is 9.00. The van der Waals surface area contributed by atoms with Crippen LogP contribution in [0.15, 0.2) is 36.4 Å². The van der Waals surface area contributed by atoms with E-state index in [1.807, 2.05) is 27.7 Å². The van der Waals surface area contributed by atoms with Crippen LogP contribution in [0.1, 0.15) is 58.0 Å². The van der Waals surface area contributed by atoms with Crippen molar-refractivity contribution in [3.05, 3.63) is 47.5 Å². The number of hydrogen-bond acceptors (Lipinski definition) is 11. The quantitative estimate of drug-likeness (QED) is 0.199. The van der Waals surface area contributed by atoms with Crippen LogP contribution in [-0.2, 0) is 15.2 Å². The molecular weight excluding hydrogens is 540 g/mol. The van der Waals surface area contributed by atoms with Crippen molar-refractivity contribution in [1.29, 1.82) is 0 Å². The molecule has 0 heterocycles. The summed E-state index contributed by atoms with van der Waals surface area (Å²) < 4.78 is 31.6. The Morgan fingerprint density at radius 2 is 0.897 bits per heavy atom. The van der Waals surface area contributed by atoms with Gasteiger partial charge in [-0.1, -0.05) is 27.7 Å². The number of carbonyl (C=O) groups is 1. The molecule has 224 valence electrons. The Morgan fingerprint density at radius 1 is 0.692 bits per heavy atom. The van der Waals surface area contributed by atoms with Crippen LogP contribution in [0.4, 0.5) is 0 Å². The van der Waals surface area contributed by atoms with E-state index in [0.29, 0.717) is 24.2 Å². The summed E-state index contributed by atoms with van der Waals surface area (Å²) >= 11 is 0. The second-order valence-corrected chi connectivity index (χ2v) is 9.59. The lowest BCUT2D eigenvalue weighted by Gasteiger charge is -2.14. The fraction of sp³-hybridized carbons (Fsp3) is 0.458. The van der Waals surface area contributed by atoms with Gasteiger partial charge in [-0.15, -0.1) is 0 Å². The van der Waals surface area contributed by atoms with E-state index < -0.39 is 28.6 Å². The van der Waals surface area contributed by atoms with Gasteiger partial charge in [-0.2, -0.15) is 8.42 Å². The van der Waals surface area contributed by atoms with Crippen molar-refractivity contribution in [1.82, 2.24) is 10.6 Å². The van der Waals surface area contributed by atoms with Gasteiger partial charge in [-0.3, -0.25) is 13.9 Å². The standard InChI is InChI=1S/2C11H17NO3.C2H4O2.H2O4S/c2*1-7(2)12-6-11(15)8-3-9(13)5-10(14)4-8;1-2(3)4;1-5(2,3)4/h2*3-5,7,11-15H,6H2,1-2H3;1H3,(H,3,4);(H2,1,2,3,4). The third kappa shape index (κ3) is 24.9. The number of aromatic hydroxyl groups is 4. The van der Waals surface area contributed by atoms with Crippen LogP contribution in [0.2, 0.25) is 0 Å². The zero-order valence-corrected chi connectivity index (χ0v) is 23.2.